The molecule has 3 nitrogen and oxygen atoms in total. The van der Waals surface area contributed by atoms with Crippen molar-refractivity contribution >= 4 is 5.52 Å². The molecule has 4 aromatic rings. The van der Waals surface area contributed by atoms with Gasteiger partial charge in [0.25, 0.3) is 0 Å². The molecule has 0 bridgehead atoms. The molecule has 0 fully saturated rings. The fourth-order valence-electron chi connectivity index (χ4n) is 2.70. The number of benzene rings is 2. The Hall–Kier alpha value is -3.38. The minimum absolute atomic E-state index is 0.659. The van der Waals surface area contributed by atoms with Crippen LogP contribution in [0, 0.1) is 11.3 Å². The summed E-state index contributed by atoms with van der Waals surface area (Å²) in [6.07, 6.45) is 0. The molecule has 4 rings (SSSR count). The van der Waals surface area contributed by atoms with Crippen molar-refractivity contribution in [3.8, 4) is 28.6 Å². The number of rotatable bonds is 2. The van der Waals surface area contributed by atoms with Gasteiger partial charge in [-0.25, -0.2) is 4.52 Å². The van der Waals surface area contributed by atoms with E-state index in [9.17, 15) is 0 Å². The van der Waals surface area contributed by atoms with Crippen LogP contribution in [0.4, 0.5) is 0 Å². The van der Waals surface area contributed by atoms with Gasteiger partial charge in [0.05, 0.1) is 28.5 Å². The van der Waals surface area contributed by atoms with E-state index in [0.29, 0.717) is 5.56 Å². The average molecular weight is 295 g/mol. The summed E-state index contributed by atoms with van der Waals surface area (Å²) in [6, 6.07) is 28.1. The van der Waals surface area contributed by atoms with Crippen molar-refractivity contribution in [3.05, 3.63) is 84.4 Å². The zero-order valence-electron chi connectivity index (χ0n) is 12.3. The second-order valence-corrected chi connectivity index (χ2v) is 5.33. The molecular formula is C20H13N3. The third kappa shape index (κ3) is 2.37. The maximum absolute atomic E-state index is 8.93. The van der Waals surface area contributed by atoms with Crippen LogP contribution in [0.25, 0.3) is 28.0 Å². The second-order valence-electron chi connectivity index (χ2n) is 5.33. The van der Waals surface area contributed by atoms with Crippen molar-refractivity contribution in [2.45, 2.75) is 0 Å². The fourth-order valence-corrected chi connectivity index (χ4v) is 2.70. The van der Waals surface area contributed by atoms with E-state index in [1.165, 1.54) is 0 Å². The van der Waals surface area contributed by atoms with E-state index in [4.69, 9.17) is 10.4 Å². The Kier molecular flexibility index (Phi) is 3.14. The molecule has 0 unspecified atom stereocenters. The van der Waals surface area contributed by atoms with Crippen LogP contribution < -0.4 is 0 Å². The summed E-state index contributed by atoms with van der Waals surface area (Å²) >= 11 is 0. The van der Waals surface area contributed by atoms with Crippen molar-refractivity contribution in [2.75, 3.05) is 0 Å². The number of nitriles is 1. The van der Waals surface area contributed by atoms with Crippen LogP contribution in [0.3, 0.4) is 0 Å². The number of fused-ring (bicyclic) bond motifs is 1. The first-order valence-corrected chi connectivity index (χ1v) is 7.40. The minimum Gasteiger partial charge on any atom is -0.232 e. The molecule has 0 saturated carbocycles. The van der Waals surface area contributed by atoms with Gasteiger partial charge in [-0.1, -0.05) is 48.5 Å². The Balaban J connectivity index is 1.87. The molecule has 0 atom stereocenters. The number of nitrogens with zero attached hydrogens (tertiary/aromatic N) is 3. The Labute approximate surface area is 134 Å². The van der Waals surface area contributed by atoms with Crippen LogP contribution in [0.15, 0.2) is 78.9 Å². The highest BCUT2D eigenvalue weighted by Gasteiger charge is 2.08. The summed E-state index contributed by atoms with van der Waals surface area (Å²) in [7, 11) is 0. The van der Waals surface area contributed by atoms with E-state index in [0.717, 1.165) is 28.0 Å². The van der Waals surface area contributed by atoms with Gasteiger partial charge in [0.15, 0.2) is 0 Å². The molecule has 23 heavy (non-hydrogen) atoms. The first kappa shape index (κ1) is 13.3. The van der Waals surface area contributed by atoms with E-state index in [1.54, 1.807) is 0 Å². The van der Waals surface area contributed by atoms with Gasteiger partial charge in [-0.05, 0) is 30.3 Å². The summed E-state index contributed by atoms with van der Waals surface area (Å²) in [5.74, 6) is 0. The molecule has 0 aliphatic carbocycles. The molecule has 2 aromatic carbocycles. The van der Waals surface area contributed by atoms with E-state index in [-0.39, 0.29) is 0 Å². The lowest BCUT2D eigenvalue weighted by molar-refractivity contribution is 0.974. The van der Waals surface area contributed by atoms with Gasteiger partial charge in [0.1, 0.15) is 0 Å². The monoisotopic (exact) mass is 295 g/mol. The largest absolute Gasteiger partial charge is 0.232 e. The van der Waals surface area contributed by atoms with Crippen LogP contribution in [-0.4, -0.2) is 9.61 Å². The standard InChI is InChI=1S/C20H13N3/c21-14-15-9-11-17(12-10-15)20-8-4-7-18-13-19(22-23(18)20)16-5-2-1-3-6-16/h1-13H. The lowest BCUT2D eigenvalue weighted by Crippen LogP contribution is -1.93. The first-order chi connectivity index (χ1) is 11.3. The molecule has 0 N–H and O–H groups in total. The number of hydrogen-bond acceptors (Lipinski definition) is 2. The lowest BCUT2D eigenvalue weighted by atomic mass is 10.1. The Bertz CT molecular complexity index is 1010. The van der Waals surface area contributed by atoms with Crippen LogP contribution in [0.1, 0.15) is 5.56 Å². The molecule has 2 heterocycles. The van der Waals surface area contributed by atoms with Gasteiger partial charge in [-0.2, -0.15) is 10.4 Å². The van der Waals surface area contributed by atoms with Crippen LogP contribution >= 0.6 is 0 Å². The topological polar surface area (TPSA) is 41.1 Å². The van der Waals surface area contributed by atoms with Gasteiger partial charge in [-0.15, -0.1) is 0 Å². The maximum atomic E-state index is 8.93. The number of hydrogen-bond donors (Lipinski definition) is 0. The summed E-state index contributed by atoms with van der Waals surface area (Å²) in [5.41, 5.74) is 5.80. The first-order valence-electron chi connectivity index (χ1n) is 7.40. The minimum atomic E-state index is 0.659. The van der Waals surface area contributed by atoms with Crippen molar-refractivity contribution < 1.29 is 0 Å². The highest BCUT2D eigenvalue weighted by atomic mass is 15.2. The summed E-state index contributed by atoms with van der Waals surface area (Å²) < 4.78 is 1.95. The van der Waals surface area contributed by atoms with Crippen LogP contribution in [0.5, 0.6) is 0 Å². The Morgan fingerprint density at radius 2 is 1.57 bits per heavy atom. The molecule has 0 spiro atoms. The van der Waals surface area contributed by atoms with E-state index in [1.807, 2.05) is 65.2 Å². The molecule has 2 aromatic heterocycles. The average Bonchev–Trinajstić information content (AvgIpc) is 3.07. The summed E-state index contributed by atoms with van der Waals surface area (Å²) in [4.78, 5) is 0. The van der Waals surface area contributed by atoms with Crippen molar-refractivity contribution in [1.82, 2.24) is 9.61 Å². The lowest BCUT2D eigenvalue weighted by Gasteiger charge is -2.05. The maximum Gasteiger partial charge on any atom is 0.0991 e. The van der Waals surface area contributed by atoms with Gasteiger partial charge < -0.3 is 0 Å². The van der Waals surface area contributed by atoms with Crippen LogP contribution in [-0.2, 0) is 0 Å². The Morgan fingerprint density at radius 1 is 0.783 bits per heavy atom. The normalized spacial score (nSPS) is 10.6. The van der Waals surface area contributed by atoms with Gasteiger partial charge in [0.2, 0.25) is 0 Å². The fraction of sp³-hybridized carbons (Fsp3) is 0. The molecule has 108 valence electrons. The SMILES string of the molecule is N#Cc1ccc(-c2cccc3cc(-c4ccccc4)nn23)cc1. The quantitative estimate of drug-likeness (QED) is 0.544. The third-order valence-corrected chi connectivity index (χ3v) is 3.87. The smallest absolute Gasteiger partial charge is 0.0991 e. The van der Waals surface area contributed by atoms with Crippen molar-refractivity contribution in [2.24, 2.45) is 0 Å². The molecule has 0 saturated heterocycles. The summed E-state index contributed by atoms with van der Waals surface area (Å²) in [6.45, 7) is 0. The molecule has 0 aliphatic heterocycles. The third-order valence-electron chi connectivity index (χ3n) is 3.87. The molecular weight excluding hydrogens is 282 g/mol. The van der Waals surface area contributed by atoms with Crippen LogP contribution in [0.2, 0.25) is 0 Å². The van der Waals surface area contributed by atoms with E-state index >= 15 is 0 Å². The zero-order valence-corrected chi connectivity index (χ0v) is 12.3. The second kappa shape index (κ2) is 5.43. The van der Waals surface area contributed by atoms with Gasteiger partial charge in [-0.3, -0.25) is 0 Å². The predicted octanol–water partition coefficient (Wildman–Crippen LogP) is 4.54. The zero-order chi connectivity index (χ0) is 15.6. The van der Waals surface area contributed by atoms with Gasteiger partial charge in [0, 0.05) is 11.1 Å². The van der Waals surface area contributed by atoms with E-state index < -0.39 is 0 Å². The molecule has 3 heteroatoms. The molecule has 0 aliphatic rings. The highest BCUT2D eigenvalue weighted by molar-refractivity contribution is 5.70. The van der Waals surface area contributed by atoms with Crippen molar-refractivity contribution in [1.29, 1.82) is 5.26 Å². The molecule has 0 radical (unpaired) electrons. The number of aromatic nitrogens is 2. The van der Waals surface area contributed by atoms with Crippen molar-refractivity contribution in [3.63, 3.8) is 0 Å². The Morgan fingerprint density at radius 3 is 2.30 bits per heavy atom. The van der Waals surface area contributed by atoms with E-state index in [2.05, 4.69) is 24.3 Å². The predicted molar refractivity (Wildman–Crippen MR) is 90.8 cm³/mol. The molecule has 0 amide bonds. The van der Waals surface area contributed by atoms with Gasteiger partial charge >= 0.3 is 0 Å². The summed E-state index contributed by atoms with van der Waals surface area (Å²) in [5, 5.41) is 13.7. The number of pyridine rings is 1. The highest BCUT2D eigenvalue weighted by Crippen LogP contribution is 2.25.